The lowest BCUT2D eigenvalue weighted by molar-refractivity contribution is -0.115. The van der Waals surface area contributed by atoms with Crippen LogP contribution in [0.4, 0.5) is 0 Å². The number of hydrogen-bond donors (Lipinski definition) is 1. The van der Waals surface area contributed by atoms with Gasteiger partial charge in [-0.25, -0.2) is 0 Å². The van der Waals surface area contributed by atoms with Gasteiger partial charge in [-0.2, -0.15) is 0 Å². The van der Waals surface area contributed by atoms with E-state index in [0.717, 1.165) is 16.7 Å². The standard InChI is InChI=1S/C11H11NO/c1-2-12-11(13)10-7-8-5-3-4-6-9(8)10/h3-7H,2H2,1H3,(H,12,13). The van der Waals surface area contributed by atoms with E-state index in [1.807, 2.05) is 37.3 Å². The first-order valence-electron chi connectivity index (χ1n) is 4.42. The number of rotatable bonds is 2. The molecule has 2 nitrogen and oxygen atoms in total. The Kier molecular flexibility index (Phi) is 1.89. The second-order valence-electron chi connectivity index (χ2n) is 3.00. The van der Waals surface area contributed by atoms with Gasteiger partial charge in [0.15, 0.2) is 0 Å². The van der Waals surface area contributed by atoms with E-state index in [1.54, 1.807) is 0 Å². The molecule has 0 unspecified atom stereocenters. The molecule has 66 valence electrons. The maximum Gasteiger partial charge on any atom is 0.251 e. The van der Waals surface area contributed by atoms with E-state index in [-0.39, 0.29) is 5.91 Å². The van der Waals surface area contributed by atoms with Crippen LogP contribution in [-0.2, 0) is 4.79 Å². The Morgan fingerprint density at radius 1 is 1.38 bits per heavy atom. The van der Waals surface area contributed by atoms with Gasteiger partial charge in [0.1, 0.15) is 0 Å². The van der Waals surface area contributed by atoms with Crippen molar-refractivity contribution in [3.05, 3.63) is 35.4 Å². The molecule has 0 saturated carbocycles. The molecule has 0 aliphatic heterocycles. The molecule has 2 rings (SSSR count). The van der Waals surface area contributed by atoms with Gasteiger partial charge in [-0.3, -0.25) is 4.79 Å². The van der Waals surface area contributed by atoms with Crippen molar-refractivity contribution in [3.8, 4) is 0 Å². The molecular weight excluding hydrogens is 162 g/mol. The second-order valence-corrected chi connectivity index (χ2v) is 3.00. The Hall–Kier alpha value is -1.57. The van der Waals surface area contributed by atoms with Gasteiger partial charge in [-0.05, 0) is 24.1 Å². The molecule has 1 aromatic rings. The van der Waals surface area contributed by atoms with Crippen molar-refractivity contribution in [2.75, 3.05) is 6.54 Å². The first-order chi connectivity index (χ1) is 6.33. The highest BCUT2D eigenvalue weighted by atomic mass is 16.1. The van der Waals surface area contributed by atoms with Crippen LogP contribution in [-0.4, -0.2) is 12.5 Å². The van der Waals surface area contributed by atoms with Crippen LogP contribution >= 0.6 is 0 Å². The lowest BCUT2D eigenvalue weighted by Crippen LogP contribution is -2.25. The molecule has 0 spiro atoms. The zero-order valence-corrected chi connectivity index (χ0v) is 7.50. The van der Waals surface area contributed by atoms with E-state index in [0.29, 0.717) is 6.54 Å². The number of likely N-dealkylation sites (N-methyl/N-ethyl adjacent to an activating group) is 1. The first-order valence-corrected chi connectivity index (χ1v) is 4.42. The number of amides is 1. The van der Waals surface area contributed by atoms with Crippen LogP contribution in [0, 0.1) is 0 Å². The number of fused-ring (bicyclic) bond motifs is 1. The second kappa shape index (κ2) is 3.05. The van der Waals surface area contributed by atoms with Gasteiger partial charge in [0, 0.05) is 12.1 Å². The van der Waals surface area contributed by atoms with Crippen LogP contribution in [0.15, 0.2) is 24.3 Å². The van der Waals surface area contributed by atoms with E-state index in [4.69, 9.17) is 0 Å². The Morgan fingerprint density at radius 3 is 2.85 bits per heavy atom. The van der Waals surface area contributed by atoms with Gasteiger partial charge in [-0.1, -0.05) is 24.3 Å². The molecule has 0 radical (unpaired) electrons. The molecule has 1 aromatic carbocycles. The number of carbonyl (C=O) groups excluding carboxylic acids is 1. The smallest absolute Gasteiger partial charge is 0.251 e. The highest BCUT2D eigenvalue weighted by Gasteiger charge is 2.20. The Balaban J connectivity index is 2.20. The molecule has 0 heterocycles. The number of nitrogens with one attached hydrogen (secondary N) is 1. The Bertz CT molecular complexity index is 379. The van der Waals surface area contributed by atoms with Crippen molar-refractivity contribution in [2.24, 2.45) is 0 Å². The van der Waals surface area contributed by atoms with E-state index in [9.17, 15) is 4.79 Å². The summed E-state index contributed by atoms with van der Waals surface area (Å²) in [7, 11) is 0. The third-order valence-electron chi connectivity index (χ3n) is 2.13. The van der Waals surface area contributed by atoms with Crippen molar-refractivity contribution in [2.45, 2.75) is 6.92 Å². The molecule has 13 heavy (non-hydrogen) atoms. The fraction of sp³-hybridized carbons (Fsp3) is 0.182. The third-order valence-corrected chi connectivity index (χ3v) is 2.13. The van der Waals surface area contributed by atoms with Crippen LogP contribution in [0.1, 0.15) is 18.1 Å². The van der Waals surface area contributed by atoms with E-state index < -0.39 is 0 Å². The van der Waals surface area contributed by atoms with Crippen LogP contribution in [0.5, 0.6) is 0 Å². The number of carbonyl (C=O) groups is 1. The number of hydrogen-bond acceptors (Lipinski definition) is 1. The summed E-state index contributed by atoms with van der Waals surface area (Å²) in [6, 6.07) is 7.91. The predicted octanol–water partition coefficient (Wildman–Crippen LogP) is 1.68. The molecule has 1 amide bonds. The minimum absolute atomic E-state index is 0.0289. The third kappa shape index (κ3) is 1.24. The average Bonchev–Trinajstić information content (AvgIpc) is 2.07. The predicted molar refractivity (Wildman–Crippen MR) is 53.0 cm³/mol. The zero-order chi connectivity index (χ0) is 9.26. The van der Waals surface area contributed by atoms with Gasteiger partial charge >= 0.3 is 0 Å². The van der Waals surface area contributed by atoms with Crippen molar-refractivity contribution < 1.29 is 4.79 Å². The first kappa shape index (κ1) is 8.05. The quantitative estimate of drug-likeness (QED) is 0.724. The number of benzene rings is 1. The fourth-order valence-corrected chi connectivity index (χ4v) is 1.47. The molecule has 0 aromatic heterocycles. The van der Waals surface area contributed by atoms with Crippen LogP contribution in [0.25, 0.3) is 11.6 Å². The monoisotopic (exact) mass is 173 g/mol. The molecule has 2 heteroatoms. The van der Waals surface area contributed by atoms with Gasteiger partial charge in [0.2, 0.25) is 0 Å². The summed E-state index contributed by atoms with van der Waals surface area (Å²) in [6.07, 6.45) is 1.92. The summed E-state index contributed by atoms with van der Waals surface area (Å²) in [5, 5.41) is 2.78. The summed E-state index contributed by atoms with van der Waals surface area (Å²) in [5.74, 6) is 0.0289. The summed E-state index contributed by atoms with van der Waals surface area (Å²) >= 11 is 0. The largest absolute Gasteiger partial charge is 0.352 e. The lowest BCUT2D eigenvalue weighted by Gasteiger charge is -2.18. The minimum atomic E-state index is 0.0289. The van der Waals surface area contributed by atoms with Crippen molar-refractivity contribution in [3.63, 3.8) is 0 Å². The summed E-state index contributed by atoms with van der Waals surface area (Å²) in [4.78, 5) is 11.4. The molecule has 1 aliphatic rings. The molecular formula is C11H11NO. The topological polar surface area (TPSA) is 29.1 Å². The average molecular weight is 173 g/mol. The van der Waals surface area contributed by atoms with Crippen LogP contribution in [0.3, 0.4) is 0 Å². The maximum atomic E-state index is 11.4. The van der Waals surface area contributed by atoms with Gasteiger partial charge < -0.3 is 5.32 Å². The zero-order valence-electron chi connectivity index (χ0n) is 7.50. The fourth-order valence-electron chi connectivity index (χ4n) is 1.47. The van der Waals surface area contributed by atoms with E-state index >= 15 is 0 Å². The molecule has 0 atom stereocenters. The summed E-state index contributed by atoms with van der Waals surface area (Å²) in [5.41, 5.74) is 3.02. The van der Waals surface area contributed by atoms with Gasteiger partial charge in [0.25, 0.3) is 5.91 Å². The molecule has 0 fully saturated rings. The summed E-state index contributed by atoms with van der Waals surface area (Å²) < 4.78 is 0. The minimum Gasteiger partial charge on any atom is -0.352 e. The normalized spacial score (nSPS) is 12.5. The lowest BCUT2D eigenvalue weighted by atomic mass is 9.88. The maximum absolute atomic E-state index is 11.4. The van der Waals surface area contributed by atoms with Crippen molar-refractivity contribution >= 4 is 17.6 Å². The van der Waals surface area contributed by atoms with Crippen LogP contribution in [0.2, 0.25) is 0 Å². The highest BCUT2D eigenvalue weighted by molar-refractivity contribution is 6.29. The molecule has 0 saturated heterocycles. The molecule has 0 bridgehead atoms. The van der Waals surface area contributed by atoms with E-state index in [2.05, 4.69) is 5.32 Å². The highest BCUT2D eigenvalue weighted by Crippen LogP contribution is 2.31. The van der Waals surface area contributed by atoms with Crippen LogP contribution < -0.4 is 5.32 Å². The van der Waals surface area contributed by atoms with Crippen molar-refractivity contribution in [1.29, 1.82) is 0 Å². The van der Waals surface area contributed by atoms with E-state index in [1.165, 1.54) is 0 Å². The Labute approximate surface area is 77.3 Å². The van der Waals surface area contributed by atoms with Gasteiger partial charge in [0.05, 0.1) is 0 Å². The SMILES string of the molecule is CCNC(=O)C1=Cc2ccccc21. The van der Waals surface area contributed by atoms with Crippen molar-refractivity contribution in [1.82, 2.24) is 5.32 Å². The van der Waals surface area contributed by atoms with Gasteiger partial charge in [-0.15, -0.1) is 0 Å². The summed E-state index contributed by atoms with van der Waals surface area (Å²) in [6.45, 7) is 2.60. The molecule has 1 aliphatic carbocycles. The molecule has 1 N–H and O–H groups in total. The Morgan fingerprint density at radius 2 is 2.15 bits per heavy atom.